The number of imidazole rings is 1. The summed E-state index contributed by atoms with van der Waals surface area (Å²) in [6, 6.07) is 15.3. The minimum atomic E-state index is -1.29. The van der Waals surface area contributed by atoms with Crippen molar-refractivity contribution in [3.8, 4) is 0 Å². The molecule has 0 radical (unpaired) electrons. The fourth-order valence-corrected chi connectivity index (χ4v) is 5.66. The first-order chi connectivity index (χ1) is 24.3. The highest BCUT2D eigenvalue weighted by molar-refractivity contribution is 5.99. The maximum atomic E-state index is 14.5. The zero-order chi connectivity index (χ0) is 36.7. The number of halogens is 5. The number of nitrogens with one attached hydrogen (secondary N) is 2. The van der Waals surface area contributed by atoms with Crippen LogP contribution in [0.1, 0.15) is 54.2 Å². The molecule has 1 aliphatic rings. The molecule has 1 aromatic heterocycles. The van der Waals surface area contributed by atoms with Crippen LogP contribution < -0.4 is 16.4 Å². The normalized spacial score (nSPS) is 14.3. The van der Waals surface area contributed by atoms with E-state index in [0.717, 1.165) is 17.7 Å². The highest BCUT2D eigenvalue weighted by atomic mass is 35.5. The number of carbonyl (C=O) groups excluding carboxylic acids is 4. The number of aromatic nitrogens is 2. The van der Waals surface area contributed by atoms with Crippen molar-refractivity contribution in [2.45, 2.75) is 50.9 Å². The number of nitrogens with zero attached hydrogens (tertiary/aromatic N) is 3. The minimum Gasteiger partial charge on any atom is -0.374 e. The van der Waals surface area contributed by atoms with Gasteiger partial charge in [-0.2, -0.15) is 0 Å². The average Bonchev–Trinajstić information content (AvgIpc) is 3.57. The molecule has 1 fully saturated rings. The second kappa shape index (κ2) is 18.8. The Morgan fingerprint density at radius 1 is 0.943 bits per heavy atom. The summed E-state index contributed by atoms with van der Waals surface area (Å²) in [5.74, 6) is -4.95. The smallest absolute Gasteiger partial charge is 0.250 e. The highest BCUT2D eigenvalue weighted by Crippen LogP contribution is 2.28. The van der Waals surface area contributed by atoms with E-state index in [2.05, 4.69) is 15.6 Å². The summed E-state index contributed by atoms with van der Waals surface area (Å²) < 4.78 is 48.9. The van der Waals surface area contributed by atoms with Crippen LogP contribution in [-0.2, 0) is 25.7 Å². The molecule has 0 spiro atoms. The molecule has 2 heterocycles. The van der Waals surface area contributed by atoms with E-state index in [0.29, 0.717) is 18.4 Å². The number of likely N-dealkylation sites (tertiary alicyclic amines) is 1. The van der Waals surface area contributed by atoms with Crippen LogP contribution in [0.3, 0.4) is 0 Å². The molecule has 5 rings (SSSR count). The van der Waals surface area contributed by atoms with Crippen LogP contribution in [0.15, 0.2) is 85.3 Å². The molecule has 16 heteroatoms. The number of ether oxygens (including phenoxy) is 1. The highest BCUT2D eigenvalue weighted by Gasteiger charge is 2.34. The van der Waals surface area contributed by atoms with Gasteiger partial charge in [0.15, 0.2) is 23.2 Å². The molecule has 1 saturated heterocycles. The Kier molecular flexibility index (Phi) is 15.2. The largest absolute Gasteiger partial charge is 0.374 e. The molecule has 1 unspecified atom stereocenters. The monoisotopic (exact) mass is 776 g/mol. The lowest BCUT2D eigenvalue weighted by Gasteiger charge is -2.34. The van der Waals surface area contributed by atoms with Crippen molar-refractivity contribution >= 4 is 54.1 Å². The Balaban J connectivity index is 0.00000378. The van der Waals surface area contributed by atoms with Crippen molar-refractivity contribution in [3.63, 3.8) is 0 Å². The van der Waals surface area contributed by atoms with Crippen molar-refractivity contribution in [2.24, 2.45) is 11.7 Å². The molecule has 284 valence electrons. The molecule has 4 N–H and O–H groups in total. The predicted octanol–water partition coefficient (Wildman–Crippen LogP) is 5.23. The van der Waals surface area contributed by atoms with E-state index in [1.54, 1.807) is 0 Å². The van der Waals surface area contributed by atoms with Gasteiger partial charge < -0.3 is 30.6 Å². The van der Waals surface area contributed by atoms with Crippen molar-refractivity contribution in [1.29, 1.82) is 0 Å². The molecular formula is C37H41Cl2F3N6O5. The van der Waals surface area contributed by atoms with Crippen LogP contribution >= 0.6 is 24.8 Å². The first-order valence-electron chi connectivity index (χ1n) is 16.4. The molecule has 0 aliphatic carbocycles. The lowest BCUT2D eigenvalue weighted by atomic mass is 9.88. The van der Waals surface area contributed by atoms with E-state index in [-0.39, 0.29) is 74.2 Å². The maximum Gasteiger partial charge on any atom is 0.250 e. The number of amides is 3. The number of anilines is 1. The molecule has 3 aromatic carbocycles. The summed E-state index contributed by atoms with van der Waals surface area (Å²) in [5.41, 5.74) is 6.02. The van der Waals surface area contributed by atoms with Gasteiger partial charge in [0.25, 0.3) is 5.91 Å². The number of hydrogen-bond acceptors (Lipinski definition) is 7. The standard InChI is InChI=1S/C37H39F3N6O5.2ClH/c1-37(2,41)36(50)43-30(21-51-20-23-6-4-3-5-7-23)34(48)44-31-19-46(22-42-31)32(26-10-13-28(39)29(40)18-26)35(49)45-16-14-25(15-17-45)33(47)24-8-11-27(38)12-9-24;;/h3-13,18-19,22,25,30,32H,14-17,20-21,41H2,1-2H3,(H,43,50)(H,44,48);2*1H/t30-,32?;;/m1../s1. The van der Waals surface area contributed by atoms with Gasteiger partial charge in [-0.05, 0) is 74.2 Å². The van der Waals surface area contributed by atoms with Crippen LogP contribution in [0.2, 0.25) is 0 Å². The zero-order valence-electron chi connectivity index (χ0n) is 29.0. The molecular weight excluding hydrogens is 736 g/mol. The van der Waals surface area contributed by atoms with Crippen LogP contribution in [0.5, 0.6) is 0 Å². The molecule has 0 bridgehead atoms. The van der Waals surface area contributed by atoms with E-state index in [1.165, 1.54) is 66.2 Å². The molecule has 2 atom stereocenters. The van der Waals surface area contributed by atoms with Crippen LogP contribution in [0.4, 0.5) is 19.0 Å². The zero-order valence-corrected chi connectivity index (χ0v) is 30.6. The second-order valence-corrected chi connectivity index (χ2v) is 13.0. The van der Waals surface area contributed by atoms with Gasteiger partial charge in [0.05, 0.1) is 25.1 Å². The lowest BCUT2D eigenvalue weighted by Crippen LogP contribution is -2.56. The molecule has 0 saturated carbocycles. The van der Waals surface area contributed by atoms with Crippen molar-refractivity contribution in [2.75, 3.05) is 25.0 Å². The van der Waals surface area contributed by atoms with Crippen LogP contribution in [0.25, 0.3) is 0 Å². The Bertz CT molecular complexity index is 1870. The fraction of sp³-hybridized carbons (Fsp3) is 0.324. The topological polar surface area (TPSA) is 149 Å². The molecule has 3 amide bonds. The summed E-state index contributed by atoms with van der Waals surface area (Å²) in [7, 11) is 0. The number of benzene rings is 3. The average molecular weight is 778 g/mol. The number of rotatable bonds is 13. The summed E-state index contributed by atoms with van der Waals surface area (Å²) in [4.78, 5) is 59.0. The summed E-state index contributed by atoms with van der Waals surface area (Å²) in [6.07, 6.45) is 3.32. The second-order valence-electron chi connectivity index (χ2n) is 13.0. The van der Waals surface area contributed by atoms with Crippen molar-refractivity contribution < 1.29 is 37.1 Å². The molecule has 11 nitrogen and oxygen atoms in total. The number of carbonyl (C=O) groups is 4. The van der Waals surface area contributed by atoms with Gasteiger partial charge >= 0.3 is 0 Å². The Morgan fingerprint density at radius 3 is 2.23 bits per heavy atom. The van der Waals surface area contributed by atoms with Gasteiger partial charge in [-0.3, -0.25) is 19.2 Å². The van der Waals surface area contributed by atoms with E-state index < -0.39 is 52.8 Å². The maximum absolute atomic E-state index is 14.5. The van der Waals surface area contributed by atoms with Crippen molar-refractivity contribution in [1.82, 2.24) is 19.8 Å². The third-order valence-electron chi connectivity index (χ3n) is 8.55. The quantitative estimate of drug-likeness (QED) is 0.158. The van der Waals surface area contributed by atoms with Gasteiger partial charge in [0, 0.05) is 30.8 Å². The van der Waals surface area contributed by atoms with E-state index in [1.807, 2.05) is 30.3 Å². The Labute approximate surface area is 317 Å². The van der Waals surface area contributed by atoms with Gasteiger partial charge in [0.2, 0.25) is 11.8 Å². The van der Waals surface area contributed by atoms with Crippen LogP contribution in [-0.4, -0.2) is 69.2 Å². The lowest BCUT2D eigenvalue weighted by molar-refractivity contribution is -0.134. The van der Waals surface area contributed by atoms with Gasteiger partial charge in [-0.25, -0.2) is 18.2 Å². The number of Topliss-reactive ketones (excluding diaryl/α,β-unsaturated/α-hetero) is 1. The third-order valence-corrected chi connectivity index (χ3v) is 8.55. The Hall–Kier alpha value is -4.76. The predicted molar refractivity (Wildman–Crippen MR) is 196 cm³/mol. The molecule has 4 aromatic rings. The minimum absolute atomic E-state index is 0. The first-order valence-corrected chi connectivity index (χ1v) is 16.4. The van der Waals surface area contributed by atoms with E-state index >= 15 is 0 Å². The first kappa shape index (κ1) is 42.7. The number of nitrogens with two attached hydrogens (primary N) is 1. The summed E-state index contributed by atoms with van der Waals surface area (Å²) in [6.45, 7) is 3.37. The van der Waals surface area contributed by atoms with Crippen molar-refractivity contribution in [3.05, 3.63) is 119 Å². The number of ketones is 1. The summed E-state index contributed by atoms with van der Waals surface area (Å²) in [5, 5.41) is 5.23. The number of piperidine rings is 1. The Morgan fingerprint density at radius 2 is 1.60 bits per heavy atom. The molecule has 1 aliphatic heterocycles. The third kappa shape index (κ3) is 11.1. The molecule has 53 heavy (non-hydrogen) atoms. The van der Waals surface area contributed by atoms with Gasteiger partial charge in [-0.15, -0.1) is 24.8 Å². The van der Waals surface area contributed by atoms with Gasteiger partial charge in [0.1, 0.15) is 17.9 Å². The van der Waals surface area contributed by atoms with Crippen LogP contribution in [0, 0.1) is 23.4 Å². The number of hydrogen-bond donors (Lipinski definition) is 3. The van der Waals surface area contributed by atoms with Gasteiger partial charge in [-0.1, -0.05) is 36.4 Å². The fourth-order valence-electron chi connectivity index (χ4n) is 5.66. The van der Waals surface area contributed by atoms with E-state index in [4.69, 9.17) is 10.5 Å². The van der Waals surface area contributed by atoms with E-state index in [9.17, 15) is 32.3 Å². The summed E-state index contributed by atoms with van der Waals surface area (Å²) >= 11 is 0. The SMILES string of the molecule is CC(C)(N)C(=O)N[C@H](COCc1ccccc1)C(=O)Nc1cn(C(C(=O)N2CCC(C(=O)c3ccc(F)cc3)CC2)c2ccc(F)c(F)c2)cn1.Cl.Cl.